The van der Waals surface area contributed by atoms with E-state index < -0.39 is 0 Å². The van der Waals surface area contributed by atoms with Crippen molar-refractivity contribution in [2.24, 2.45) is 10.9 Å². The molecule has 120 valence electrons. The summed E-state index contributed by atoms with van der Waals surface area (Å²) >= 11 is 1.80. The number of thiophene rings is 1. The van der Waals surface area contributed by atoms with E-state index in [1.54, 1.807) is 11.3 Å². The first-order valence-electron chi connectivity index (χ1n) is 7.75. The first-order chi connectivity index (χ1) is 10.2. The van der Waals surface area contributed by atoms with Gasteiger partial charge in [0.2, 0.25) is 0 Å². The number of guanidine groups is 1. The Bertz CT molecular complexity index is 390. The molecule has 5 heteroatoms. The summed E-state index contributed by atoms with van der Waals surface area (Å²) in [5.41, 5.74) is 0. The number of hydrogen-bond acceptors (Lipinski definition) is 3. The van der Waals surface area contributed by atoms with Crippen molar-refractivity contribution in [3.05, 3.63) is 22.4 Å². The van der Waals surface area contributed by atoms with Crippen molar-refractivity contribution < 1.29 is 4.74 Å². The smallest absolute Gasteiger partial charge is 0.190 e. The Balaban J connectivity index is 2.21. The monoisotopic (exact) mass is 311 g/mol. The molecule has 2 N–H and O–H groups in total. The molecule has 0 aliphatic heterocycles. The van der Waals surface area contributed by atoms with Crippen molar-refractivity contribution >= 4 is 17.3 Å². The Kier molecular flexibility index (Phi) is 9.10. The molecule has 0 saturated heterocycles. The standard InChI is InChI=1S/C16H29N3OS/c1-5-20-15(13(2)3)9-11-19-16(17-4)18-10-8-14-7-6-12-21-14/h6-7,12-13,15H,5,8-11H2,1-4H3,(H2,17,18,19). The van der Waals surface area contributed by atoms with Crippen LogP contribution in [0.4, 0.5) is 0 Å². The lowest BCUT2D eigenvalue weighted by molar-refractivity contribution is 0.0258. The number of nitrogens with one attached hydrogen (secondary N) is 2. The molecule has 1 atom stereocenters. The highest BCUT2D eigenvalue weighted by atomic mass is 32.1. The summed E-state index contributed by atoms with van der Waals surface area (Å²) in [5.74, 6) is 1.41. The second-order valence-corrected chi connectivity index (χ2v) is 6.31. The van der Waals surface area contributed by atoms with Crippen molar-refractivity contribution in [2.45, 2.75) is 39.7 Å². The highest BCUT2D eigenvalue weighted by Gasteiger charge is 2.12. The molecule has 0 aliphatic carbocycles. The maximum Gasteiger partial charge on any atom is 0.190 e. The average Bonchev–Trinajstić information content (AvgIpc) is 2.97. The minimum absolute atomic E-state index is 0.312. The van der Waals surface area contributed by atoms with Gasteiger partial charge in [0, 0.05) is 31.6 Å². The normalized spacial score (nSPS) is 13.5. The molecule has 0 aliphatic rings. The number of hydrogen-bond donors (Lipinski definition) is 2. The lowest BCUT2D eigenvalue weighted by Crippen LogP contribution is -2.40. The Morgan fingerprint density at radius 2 is 2.10 bits per heavy atom. The van der Waals surface area contributed by atoms with Crippen LogP contribution >= 0.6 is 11.3 Å². The largest absolute Gasteiger partial charge is 0.378 e. The second kappa shape index (κ2) is 10.6. The zero-order chi connectivity index (χ0) is 15.5. The molecule has 1 heterocycles. The van der Waals surface area contributed by atoms with Crippen LogP contribution < -0.4 is 10.6 Å². The summed E-state index contributed by atoms with van der Waals surface area (Å²) in [7, 11) is 1.81. The minimum Gasteiger partial charge on any atom is -0.378 e. The number of ether oxygens (including phenoxy) is 1. The summed E-state index contributed by atoms with van der Waals surface area (Å²) in [6.07, 6.45) is 2.34. The molecule has 4 nitrogen and oxygen atoms in total. The summed E-state index contributed by atoms with van der Waals surface area (Å²) in [5, 5.41) is 8.82. The fraction of sp³-hybridized carbons (Fsp3) is 0.688. The number of aliphatic imine (C=N–C) groups is 1. The van der Waals surface area contributed by atoms with E-state index in [0.29, 0.717) is 12.0 Å². The van der Waals surface area contributed by atoms with Gasteiger partial charge >= 0.3 is 0 Å². The van der Waals surface area contributed by atoms with Gasteiger partial charge in [0.25, 0.3) is 0 Å². The quantitative estimate of drug-likeness (QED) is 0.544. The van der Waals surface area contributed by atoms with Crippen LogP contribution in [0.1, 0.15) is 32.1 Å². The van der Waals surface area contributed by atoms with E-state index in [2.05, 4.69) is 47.0 Å². The first-order valence-corrected chi connectivity index (χ1v) is 8.63. The van der Waals surface area contributed by atoms with Crippen molar-refractivity contribution in [3.8, 4) is 0 Å². The van der Waals surface area contributed by atoms with E-state index in [4.69, 9.17) is 4.74 Å². The van der Waals surface area contributed by atoms with Crippen molar-refractivity contribution in [2.75, 3.05) is 26.7 Å². The van der Waals surface area contributed by atoms with Gasteiger partial charge in [-0.05, 0) is 37.1 Å². The fourth-order valence-electron chi connectivity index (χ4n) is 2.14. The number of rotatable bonds is 9. The van der Waals surface area contributed by atoms with Crippen LogP contribution in [0, 0.1) is 5.92 Å². The second-order valence-electron chi connectivity index (χ2n) is 5.28. The SMILES string of the molecule is CCOC(CCNC(=NC)NCCc1cccs1)C(C)C. The van der Waals surface area contributed by atoms with E-state index in [0.717, 1.165) is 38.5 Å². The molecule has 0 spiro atoms. The van der Waals surface area contributed by atoms with Crippen LogP contribution in [0.5, 0.6) is 0 Å². The molecule has 0 radical (unpaired) electrons. The maximum absolute atomic E-state index is 5.75. The van der Waals surface area contributed by atoms with Crippen LogP contribution in [0.15, 0.2) is 22.5 Å². The van der Waals surface area contributed by atoms with Crippen LogP contribution in [-0.2, 0) is 11.2 Å². The molecular weight excluding hydrogens is 282 g/mol. The van der Waals surface area contributed by atoms with Gasteiger partial charge < -0.3 is 15.4 Å². The molecule has 0 amide bonds. The Hall–Kier alpha value is -1.07. The number of nitrogens with zero attached hydrogens (tertiary/aromatic N) is 1. The van der Waals surface area contributed by atoms with Gasteiger partial charge in [-0.3, -0.25) is 4.99 Å². The van der Waals surface area contributed by atoms with Gasteiger partial charge in [-0.2, -0.15) is 0 Å². The van der Waals surface area contributed by atoms with Crippen LogP contribution in [-0.4, -0.2) is 38.8 Å². The van der Waals surface area contributed by atoms with Gasteiger partial charge in [0.15, 0.2) is 5.96 Å². The zero-order valence-electron chi connectivity index (χ0n) is 13.7. The predicted molar refractivity (Wildman–Crippen MR) is 92.3 cm³/mol. The average molecular weight is 311 g/mol. The summed E-state index contributed by atoms with van der Waals surface area (Å²) in [6.45, 7) is 9.01. The van der Waals surface area contributed by atoms with Crippen LogP contribution in [0.25, 0.3) is 0 Å². The molecule has 21 heavy (non-hydrogen) atoms. The minimum atomic E-state index is 0.312. The van der Waals surface area contributed by atoms with Gasteiger partial charge in [-0.25, -0.2) is 0 Å². The van der Waals surface area contributed by atoms with E-state index >= 15 is 0 Å². The Labute approximate surface area is 133 Å². The Morgan fingerprint density at radius 3 is 2.67 bits per heavy atom. The Morgan fingerprint density at radius 1 is 1.33 bits per heavy atom. The molecule has 0 saturated carbocycles. The molecule has 1 aromatic rings. The third-order valence-corrected chi connectivity index (χ3v) is 4.25. The van der Waals surface area contributed by atoms with Crippen LogP contribution in [0.2, 0.25) is 0 Å². The molecule has 1 unspecified atom stereocenters. The van der Waals surface area contributed by atoms with E-state index in [1.807, 2.05) is 14.0 Å². The molecule has 0 bridgehead atoms. The van der Waals surface area contributed by atoms with Gasteiger partial charge in [-0.1, -0.05) is 19.9 Å². The van der Waals surface area contributed by atoms with Gasteiger partial charge in [0.05, 0.1) is 6.10 Å². The molecular formula is C16H29N3OS. The highest BCUT2D eigenvalue weighted by Crippen LogP contribution is 2.10. The van der Waals surface area contributed by atoms with E-state index in [1.165, 1.54) is 4.88 Å². The predicted octanol–water partition coefficient (Wildman–Crippen LogP) is 2.91. The highest BCUT2D eigenvalue weighted by molar-refractivity contribution is 7.09. The zero-order valence-corrected chi connectivity index (χ0v) is 14.5. The topological polar surface area (TPSA) is 45.6 Å². The van der Waals surface area contributed by atoms with Crippen molar-refractivity contribution in [1.82, 2.24) is 10.6 Å². The summed E-state index contributed by atoms with van der Waals surface area (Å²) in [6, 6.07) is 4.25. The van der Waals surface area contributed by atoms with Crippen molar-refractivity contribution in [3.63, 3.8) is 0 Å². The third kappa shape index (κ3) is 7.48. The van der Waals surface area contributed by atoms with Gasteiger partial charge in [0.1, 0.15) is 0 Å². The third-order valence-electron chi connectivity index (χ3n) is 3.31. The first kappa shape index (κ1) is 18.0. The lowest BCUT2D eigenvalue weighted by atomic mass is 10.0. The fourth-order valence-corrected chi connectivity index (χ4v) is 2.84. The van der Waals surface area contributed by atoms with Gasteiger partial charge in [-0.15, -0.1) is 11.3 Å². The summed E-state index contributed by atoms with van der Waals surface area (Å²) < 4.78 is 5.75. The van der Waals surface area contributed by atoms with E-state index in [9.17, 15) is 0 Å². The lowest BCUT2D eigenvalue weighted by Gasteiger charge is -2.21. The molecule has 0 aromatic carbocycles. The maximum atomic E-state index is 5.75. The summed E-state index contributed by atoms with van der Waals surface area (Å²) in [4.78, 5) is 5.65. The molecule has 1 rings (SSSR count). The van der Waals surface area contributed by atoms with E-state index in [-0.39, 0.29) is 0 Å². The van der Waals surface area contributed by atoms with Crippen LogP contribution in [0.3, 0.4) is 0 Å². The molecule has 0 fully saturated rings. The van der Waals surface area contributed by atoms with Crippen molar-refractivity contribution in [1.29, 1.82) is 0 Å². The molecule has 1 aromatic heterocycles.